The van der Waals surface area contributed by atoms with Crippen LogP contribution in [0.4, 0.5) is 4.79 Å². The number of aromatic nitrogens is 2. The first-order valence-electron chi connectivity index (χ1n) is 3.53. The van der Waals surface area contributed by atoms with E-state index in [4.69, 9.17) is 0 Å². The first kappa shape index (κ1) is 8.00. The third kappa shape index (κ3) is 1.75. The minimum absolute atomic E-state index is 0.0628. The second-order valence-corrected chi connectivity index (χ2v) is 4.33. The smallest absolute Gasteiger partial charge is 0.289 e. The van der Waals surface area contributed by atoms with Gasteiger partial charge >= 0.3 is 0 Å². The summed E-state index contributed by atoms with van der Waals surface area (Å²) >= 11 is 2.44. The number of carbonyl (C=O) groups excluding carboxylic acids is 1. The molecule has 4 nitrogen and oxygen atoms in total. The van der Waals surface area contributed by atoms with Gasteiger partial charge in [-0.25, -0.2) is 4.98 Å². The first-order valence-corrected chi connectivity index (χ1v) is 5.12. The second-order valence-electron chi connectivity index (χ2n) is 2.45. The number of amides is 1. The van der Waals surface area contributed by atoms with E-state index in [0.29, 0.717) is 5.16 Å². The number of thioether (sulfide) groups is 1. The van der Waals surface area contributed by atoms with Crippen molar-refractivity contribution in [1.82, 2.24) is 14.3 Å². The number of carbonyl (C=O) groups is 1. The Kier molecular flexibility index (Phi) is 2.02. The standard InChI is InChI=1S/C6H7N3OS2/c1-4-7-5(8-12-4)11-6(10)9-2-3-9/h2-3H2,1H3. The van der Waals surface area contributed by atoms with Crippen molar-refractivity contribution in [1.29, 1.82) is 0 Å². The van der Waals surface area contributed by atoms with Crippen LogP contribution >= 0.6 is 23.3 Å². The van der Waals surface area contributed by atoms with Crippen molar-refractivity contribution in [2.24, 2.45) is 0 Å². The Balaban J connectivity index is 1.98. The van der Waals surface area contributed by atoms with Gasteiger partial charge in [0.05, 0.1) is 0 Å². The number of rotatable bonds is 1. The Bertz CT molecular complexity index is 307. The zero-order valence-corrected chi connectivity index (χ0v) is 8.11. The van der Waals surface area contributed by atoms with Crippen LogP contribution in [0, 0.1) is 6.92 Å². The summed E-state index contributed by atoms with van der Waals surface area (Å²) in [5.41, 5.74) is 0. The van der Waals surface area contributed by atoms with Gasteiger partial charge in [-0.2, -0.15) is 4.37 Å². The minimum Gasteiger partial charge on any atom is -0.330 e. The number of nitrogens with zero attached hydrogens (tertiary/aromatic N) is 3. The van der Waals surface area contributed by atoms with Gasteiger partial charge < -0.3 is 4.90 Å². The summed E-state index contributed by atoms with van der Waals surface area (Å²) in [6.07, 6.45) is 0. The third-order valence-electron chi connectivity index (χ3n) is 1.39. The molecule has 0 spiro atoms. The Morgan fingerprint density at radius 2 is 2.42 bits per heavy atom. The number of aryl methyl sites for hydroxylation is 1. The van der Waals surface area contributed by atoms with Gasteiger partial charge in [0.2, 0.25) is 5.16 Å². The molecule has 0 N–H and O–H groups in total. The van der Waals surface area contributed by atoms with Gasteiger partial charge in [0.1, 0.15) is 5.01 Å². The molecule has 2 heterocycles. The molecule has 1 aromatic heterocycles. The highest BCUT2D eigenvalue weighted by atomic mass is 32.2. The molecule has 0 unspecified atom stereocenters. The average molecular weight is 201 g/mol. The predicted molar refractivity (Wildman–Crippen MR) is 47.5 cm³/mol. The highest BCUT2D eigenvalue weighted by molar-refractivity contribution is 8.13. The lowest BCUT2D eigenvalue weighted by atomic mass is 10.8. The average Bonchev–Trinajstić information content (AvgIpc) is 2.78. The van der Waals surface area contributed by atoms with Crippen molar-refractivity contribution < 1.29 is 4.79 Å². The van der Waals surface area contributed by atoms with Gasteiger partial charge in [-0.15, -0.1) is 0 Å². The van der Waals surface area contributed by atoms with E-state index < -0.39 is 0 Å². The Labute approximate surface area is 78.2 Å². The molecular weight excluding hydrogens is 194 g/mol. The molecular formula is C6H7N3OS2. The van der Waals surface area contributed by atoms with Gasteiger partial charge in [-0.3, -0.25) is 4.79 Å². The molecule has 1 aromatic rings. The van der Waals surface area contributed by atoms with E-state index in [0.717, 1.165) is 29.9 Å². The van der Waals surface area contributed by atoms with Crippen LogP contribution in [0.2, 0.25) is 0 Å². The lowest BCUT2D eigenvalue weighted by molar-refractivity contribution is 0.251. The lowest BCUT2D eigenvalue weighted by Crippen LogP contribution is -2.02. The molecule has 1 saturated heterocycles. The van der Waals surface area contributed by atoms with E-state index in [9.17, 15) is 4.79 Å². The first-order chi connectivity index (χ1) is 5.75. The largest absolute Gasteiger partial charge is 0.330 e. The quantitative estimate of drug-likeness (QED) is 0.508. The molecule has 0 atom stereocenters. The van der Waals surface area contributed by atoms with Crippen molar-refractivity contribution in [2.45, 2.75) is 12.1 Å². The van der Waals surface area contributed by atoms with E-state index in [1.165, 1.54) is 11.5 Å². The van der Waals surface area contributed by atoms with Crippen molar-refractivity contribution in [3.63, 3.8) is 0 Å². The fourth-order valence-corrected chi connectivity index (χ4v) is 2.04. The van der Waals surface area contributed by atoms with Gasteiger partial charge in [0.15, 0.2) is 0 Å². The third-order valence-corrected chi connectivity index (χ3v) is 2.93. The Morgan fingerprint density at radius 3 is 2.92 bits per heavy atom. The van der Waals surface area contributed by atoms with Gasteiger partial charge in [0, 0.05) is 24.9 Å². The van der Waals surface area contributed by atoms with Crippen LogP contribution in [0.15, 0.2) is 5.16 Å². The number of hydrogen-bond acceptors (Lipinski definition) is 5. The lowest BCUT2D eigenvalue weighted by Gasteiger charge is -1.94. The van der Waals surface area contributed by atoms with Crippen LogP contribution in [0.5, 0.6) is 0 Å². The van der Waals surface area contributed by atoms with Crippen molar-refractivity contribution in [3.8, 4) is 0 Å². The fourth-order valence-electron chi connectivity index (χ4n) is 0.697. The maximum Gasteiger partial charge on any atom is 0.289 e. The van der Waals surface area contributed by atoms with Gasteiger partial charge in [-0.05, 0) is 18.5 Å². The maximum atomic E-state index is 11.2. The van der Waals surface area contributed by atoms with Crippen LogP contribution in [0.25, 0.3) is 0 Å². The van der Waals surface area contributed by atoms with Crippen LogP contribution in [-0.2, 0) is 0 Å². The van der Waals surface area contributed by atoms with E-state index in [2.05, 4.69) is 9.36 Å². The minimum atomic E-state index is 0.0628. The summed E-state index contributed by atoms with van der Waals surface area (Å²) in [5, 5.41) is 1.54. The summed E-state index contributed by atoms with van der Waals surface area (Å²) in [4.78, 5) is 17.0. The molecule has 0 radical (unpaired) electrons. The fraction of sp³-hybridized carbons (Fsp3) is 0.500. The molecule has 12 heavy (non-hydrogen) atoms. The zero-order valence-electron chi connectivity index (χ0n) is 6.48. The van der Waals surface area contributed by atoms with E-state index in [1.54, 1.807) is 4.90 Å². The van der Waals surface area contributed by atoms with Crippen LogP contribution < -0.4 is 0 Å². The van der Waals surface area contributed by atoms with E-state index in [1.807, 2.05) is 6.92 Å². The normalized spacial score (nSPS) is 14.9. The molecule has 0 aliphatic carbocycles. The molecule has 1 aliphatic heterocycles. The summed E-state index contributed by atoms with van der Waals surface area (Å²) in [6, 6.07) is 0. The molecule has 1 amide bonds. The topological polar surface area (TPSA) is 45.9 Å². The molecule has 1 fully saturated rings. The number of hydrogen-bond donors (Lipinski definition) is 0. The Hall–Kier alpha value is -0.620. The van der Waals surface area contributed by atoms with Crippen LogP contribution in [0.1, 0.15) is 5.01 Å². The molecule has 0 bridgehead atoms. The van der Waals surface area contributed by atoms with Crippen molar-refractivity contribution >= 4 is 28.5 Å². The van der Waals surface area contributed by atoms with Crippen molar-refractivity contribution in [3.05, 3.63) is 5.01 Å². The maximum absolute atomic E-state index is 11.2. The summed E-state index contributed by atoms with van der Waals surface area (Å²) in [5.74, 6) is 0. The summed E-state index contributed by atoms with van der Waals surface area (Å²) in [6.45, 7) is 3.65. The molecule has 1 aliphatic rings. The van der Waals surface area contributed by atoms with E-state index >= 15 is 0 Å². The molecule has 0 aromatic carbocycles. The highest BCUT2D eigenvalue weighted by Gasteiger charge is 2.25. The van der Waals surface area contributed by atoms with Crippen molar-refractivity contribution in [2.75, 3.05) is 13.1 Å². The monoisotopic (exact) mass is 201 g/mol. The van der Waals surface area contributed by atoms with E-state index in [-0.39, 0.29) is 5.24 Å². The molecule has 2 rings (SSSR count). The highest BCUT2D eigenvalue weighted by Crippen LogP contribution is 2.22. The predicted octanol–water partition coefficient (Wildman–Crippen LogP) is 1.37. The SMILES string of the molecule is Cc1nc(SC(=O)N2CC2)ns1. The zero-order chi connectivity index (χ0) is 8.55. The molecule has 6 heteroatoms. The van der Waals surface area contributed by atoms with Gasteiger partial charge in [-0.1, -0.05) is 0 Å². The van der Waals surface area contributed by atoms with Crippen LogP contribution in [-0.4, -0.2) is 32.6 Å². The van der Waals surface area contributed by atoms with Gasteiger partial charge in [0.25, 0.3) is 5.24 Å². The Morgan fingerprint density at radius 1 is 1.67 bits per heavy atom. The molecule has 64 valence electrons. The summed E-state index contributed by atoms with van der Waals surface area (Å²) < 4.78 is 4.01. The summed E-state index contributed by atoms with van der Waals surface area (Å²) in [7, 11) is 0. The van der Waals surface area contributed by atoms with Crippen LogP contribution in [0.3, 0.4) is 0 Å². The molecule has 0 saturated carbocycles. The second kappa shape index (κ2) is 3.02.